The van der Waals surface area contributed by atoms with Crippen molar-refractivity contribution in [3.8, 4) is 11.5 Å². The Hall–Kier alpha value is -2.15. The summed E-state index contributed by atoms with van der Waals surface area (Å²) in [6.07, 6.45) is 3.70. The van der Waals surface area contributed by atoms with E-state index in [9.17, 15) is 4.39 Å². The molecule has 21 heavy (non-hydrogen) atoms. The van der Waals surface area contributed by atoms with E-state index < -0.39 is 0 Å². The molecule has 0 atom stereocenters. The molecular formula is C14H13FN4OS. The zero-order valence-electron chi connectivity index (χ0n) is 11.4. The van der Waals surface area contributed by atoms with Crippen molar-refractivity contribution in [3.63, 3.8) is 0 Å². The number of benzene rings is 1. The van der Waals surface area contributed by atoms with Gasteiger partial charge in [-0.1, -0.05) is 16.9 Å². The van der Waals surface area contributed by atoms with Gasteiger partial charge in [-0.2, -0.15) is 4.98 Å². The topological polar surface area (TPSA) is 56.7 Å². The van der Waals surface area contributed by atoms with Gasteiger partial charge < -0.3 is 9.09 Å². The molecule has 0 aliphatic carbocycles. The lowest BCUT2D eigenvalue weighted by molar-refractivity contribution is 0.425. The molecule has 3 aromatic rings. The van der Waals surface area contributed by atoms with E-state index >= 15 is 0 Å². The fourth-order valence-electron chi connectivity index (χ4n) is 1.83. The van der Waals surface area contributed by atoms with Gasteiger partial charge in [-0.25, -0.2) is 9.37 Å². The van der Waals surface area contributed by atoms with Gasteiger partial charge in [-0.3, -0.25) is 0 Å². The van der Waals surface area contributed by atoms with Crippen LogP contribution in [0.25, 0.3) is 11.5 Å². The first-order valence-corrected chi connectivity index (χ1v) is 7.47. The Kier molecular flexibility index (Phi) is 4.01. The van der Waals surface area contributed by atoms with Gasteiger partial charge in [0.25, 0.3) is 5.89 Å². The number of nitrogens with zero attached hydrogens (tertiary/aromatic N) is 4. The molecule has 0 fully saturated rings. The number of rotatable bonds is 5. The number of hydrogen-bond acceptors (Lipinski definition) is 5. The maximum atomic E-state index is 12.9. The van der Waals surface area contributed by atoms with Crippen molar-refractivity contribution >= 4 is 11.8 Å². The second-order valence-corrected chi connectivity index (χ2v) is 5.25. The fraction of sp³-hybridized carbons (Fsp3) is 0.214. The van der Waals surface area contributed by atoms with Crippen molar-refractivity contribution in [1.29, 1.82) is 0 Å². The second kappa shape index (κ2) is 6.09. The number of thioether (sulfide) groups is 1. The van der Waals surface area contributed by atoms with Gasteiger partial charge >= 0.3 is 0 Å². The standard InChI is InChI=1S/C14H13FN4OS/c1-2-19-8-7-16-14(19)21-9-12-17-13(20-18-12)10-3-5-11(15)6-4-10/h3-8H,2,9H2,1H3. The van der Waals surface area contributed by atoms with Gasteiger partial charge in [-0.15, -0.1) is 0 Å². The van der Waals surface area contributed by atoms with Gasteiger partial charge in [0.2, 0.25) is 0 Å². The van der Waals surface area contributed by atoms with Gasteiger partial charge in [0.1, 0.15) is 5.82 Å². The first-order valence-electron chi connectivity index (χ1n) is 6.48. The highest BCUT2D eigenvalue weighted by atomic mass is 32.2. The molecule has 3 rings (SSSR count). The number of aromatic nitrogens is 4. The molecular weight excluding hydrogens is 291 g/mol. The lowest BCUT2D eigenvalue weighted by Gasteiger charge is -2.01. The van der Waals surface area contributed by atoms with E-state index in [0.717, 1.165) is 11.7 Å². The van der Waals surface area contributed by atoms with Gasteiger partial charge in [-0.05, 0) is 31.2 Å². The molecule has 0 radical (unpaired) electrons. The highest BCUT2D eigenvalue weighted by molar-refractivity contribution is 7.98. The third-order valence-electron chi connectivity index (χ3n) is 2.91. The molecule has 108 valence electrons. The third kappa shape index (κ3) is 3.13. The molecule has 0 bridgehead atoms. The molecule has 0 amide bonds. The zero-order valence-corrected chi connectivity index (χ0v) is 12.2. The average molecular weight is 304 g/mol. The minimum absolute atomic E-state index is 0.291. The molecule has 1 aromatic carbocycles. The van der Waals surface area contributed by atoms with E-state index in [2.05, 4.69) is 22.0 Å². The number of halogens is 1. The molecule has 0 aliphatic heterocycles. The minimum atomic E-state index is -0.291. The molecule has 0 unspecified atom stereocenters. The predicted molar refractivity (Wildman–Crippen MR) is 77.2 cm³/mol. The van der Waals surface area contributed by atoms with Crippen molar-refractivity contribution in [1.82, 2.24) is 19.7 Å². The second-order valence-electron chi connectivity index (χ2n) is 4.31. The van der Waals surface area contributed by atoms with E-state index in [1.165, 1.54) is 12.1 Å². The summed E-state index contributed by atoms with van der Waals surface area (Å²) in [6, 6.07) is 5.96. The quantitative estimate of drug-likeness (QED) is 0.676. The smallest absolute Gasteiger partial charge is 0.257 e. The van der Waals surface area contributed by atoms with Crippen LogP contribution in [0.2, 0.25) is 0 Å². The molecule has 5 nitrogen and oxygen atoms in total. The Morgan fingerprint density at radius 2 is 2.10 bits per heavy atom. The minimum Gasteiger partial charge on any atom is -0.334 e. The number of hydrogen-bond donors (Lipinski definition) is 0. The number of imidazole rings is 1. The largest absolute Gasteiger partial charge is 0.334 e. The average Bonchev–Trinajstić information content (AvgIpc) is 3.14. The van der Waals surface area contributed by atoms with Crippen LogP contribution in [0.3, 0.4) is 0 Å². The van der Waals surface area contributed by atoms with Crippen molar-refractivity contribution in [2.45, 2.75) is 24.4 Å². The van der Waals surface area contributed by atoms with Crippen molar-refractivity contribution < 1.29 is 8.91 Å². The lowest BCUT2D eigenvalue weighted by Crippen LogP contribution is -1.95. The summed E-state index contributed by atoms with van der Waals surface area (Å²) in [6.45, 7) is 2.93. The summed E-state index contributed by atoms with van der Waals surface area (Å²) in [5.74, 6) is 1.26. The molecule has 2 heterocycles. The third-order valence-corrected chi connectivity index (χ3v) is 3.91. The van der Waals surface area contributed by atoms with Gasteiger partial charge in [0.15, 0.2) is 11.0 Å². The van der Waals surface area contributed by atoms with E-state index in [-0.39, 0.29) is 5.82 Å². The van der Waals surface area contributed by atoms with Crippen molar-refractivity contribution in [2.75, 3.05) is 0 Å². The molecule has 2 aromatic heterocycles. The molecule has 7 heteroatoms. The predicted octanol–water partition coefficient (Wildman–Crippen LogP) is 3.38. The summed E-state index contributed by atoms with van der Waals surface area (Å²) < 4.78 is 20.1. The lowest BCUT2D eigenvalue weighted by atomic mass is 10.2. The van der Waals surface area contributed by atoms with Crippen LogP contribution in [-0.2, 0) is 12.3 Å². The summed E-state index contributed by atoms with van der Waals surface area (Å²) in [5, 5.41) is 4.85. The number of aryl methyl sites for hydroxylation is 1. The summed E-state index contributed by atoms with van der Waals surface area (Å²) in [7, 11) is 0. The van der Waals surface area contributed by atoms with Crippen LogP contribution >= 0.6 is 11.8 Å². The first-order chi connectivity index (χ1) is 10.3. The maximum absolute atomic E-state index is 12.9. The Labute approximate surface area is 125 Å². The fourth-order valence-corrected chi connectivity index (χ4v) is 2.69. The molecule has 0 saturated carbocycles. The van der Waals surface area contributed by atoms with E-state index in [4.69, 9.17) is 4.52 Å². The summed E-state index contributed by atoms with van der Waals surface area (Å²) in [4.78, 5) is 8.58. The normalized spacial score (nSPS) is 11.0. The first kappa shape index (κ1) is 13.8. The maximum Gasteiger partial charge on any atom is 0.257 e. The highest BCUT2D eigenvalue weighted by Gasteiger charge is 2.10. The van der Waals surface area contributed by atoms with Crippen molar-refractivity contribution in [3.05, 3.63) is 48.3 Å². The van der Waals surface area contributed by atoms with Crippen LogP contribution < -0.4 is 0 Å². The molecule has 0 saturated heterocycles. The van der Waals surface area contributed by atoms with Gasteiger partial charge in [0, 0.05) is 24.5 Å². The highest BCUT2D eigenvalue weighted by Crippen LogP contribution is 2.22. The van der Waals surface area contributed by atoms with Crippen LogP contribution in [0.1, 0.15) is 12.7 Å². The van der Waals surface area contributed by atoms with Crippen LogP contribution in [0.15, 0.2) is 46.3 Å². The monoisotopic (exact) mass is 304 g/mol. The zero-order chi connectivity index (χ0) is 14.7. The van der Waals surface area contributed by atoms with E-state index in [1.807, 2.05) is 10.8 Å². The van der Waals surface area contributed by atoms with Crippen LogP contribution in [0.5, 0.6) is 0 Å². The van der Waals surface area contributed by atoms with E-state index in [1.54, 1.807) is 30.1 Å². The summed E-state index contributed by atoms with van der Waals surface area (Å²) in [5.41, 5.74) is 0.704. The Balaban J connectivity index is 1.69. The summed E-state index contributed by atoms with van der Waals surface area (Å²) >= 11 is 1.55. The Bertz CT molecular complexity index is 723. The Morgan fingerprint density at radius 3 is 2.86 bits per heavy atom. The van der Waals surface area contributed by atoms with Gasteiger partial charge in [0.05, 0.1) is 5.75 Å². The van der Waals surface area contributed by atoms with Crippen LogP contribution in [0.4, 0.5) is 4.39 Å². The van der Waals surface area contributed by atoms with E-state index in [0.29, 0.717) is 23.0 Å². The SMILES string of the molecule is CCn1ccnc1SCc1noc(-c2ccc(F)cc2)n1. The van der Waals surface area contributed by atoms with Crippen LogP contribution in [-0.4, -0.2) is 19.7 Å². The van der Waals surface area contributed by atoms with Crippen LogP contribution in [0, 0.1) is 5.82 Å². The molecule has 0 N–H and O–H groups in total. The molecule has 0 spiro atoms. The van der Waals surface area contributed by atoms with Crippen molar-refractivity contribution in [2.24, 2.45) is 0 Å². The Morgan fingerprint density at radius 1 is 1.29 bits per heavy atom. The molecule has 0 aliphatic rings.